The summed E-state index contributed by atoms with van der Waals surface area (Å²) in [5.41, 5.74) is 9.93. The summed E-state index contributed by atoms with van der Waals surface area (Å²) in [4.78, 5) is 58.5. The number of primary amides is 1. The van der Waals surface area contributed by atoms with E-state index in [1.165, 1.54) is 10.3 Å². The number of likely N-dealkylation sites (N-methyl/N-ethyl adjacent to an activating group) is 1. The van der Waals surface area contributed by atoms with Crippen LogP contribution in [0.4, 0.5) is 9.93 Å². The Bertz CT molecular complexity index is 1080. The molecule has 34 heavy (non-hydrogen) atoms. The van der Waals surface area contributed by atoms with Crippen LogP contribution in [-0.2, 0) is 34.3 Å². The summed E-state index contributed by atoms with van der Waals surface area (Å²) < 4.78 is 36.7. The van der Waals surface area contributed by atoms with Crippen LogP contribution in [0.3, 0.4) is 0 Å². The first-order valence-electron chi connectivity index (χ1n) is 9.63. The van der Waals surface area contributed by atoms with Crippen LogP contribution in [0.25, 0.3) is 0 Å². The number of nitrogen functional groups attached to an aromatic ring is 1. The third kappa shape index (κ3) is 6.29. The van der Waals surface area contributed by atoms with Gasteiger partial charge in [0.2, 0.25) is 0 Å². The Morgan fingerprint density at radius 1 is 1.35 bits per heavy atom. The van der Waals surface area contributed by atoms with Crippen molar-refractivity contribution in [2.24, 2.45) is 10.9 Å². The van der Waals surface area contributed by atoms with Gasteiger partial charge in [0.15, 0.2) is 17.5 Å². The van der Waals surface area contributed by atoms with Gasteiger partial charge in [-0.3, -0.25) is 18.9 Å². The van der Waals surface area contributed by atoms with E-state index in [2.05, 4.69) is 20.2 Å². The minimum atomic E-state index is -5.01. The number of nitrogens with one attached hydrogen (secondary N) is 1. The van der Waals surface area contributed by atoms with Gasteiger partial charge in [0.1, 0.15) is 24.4 Å². The van der Waals surface area contributed by atoms with Crippen LogP contribution < -0.4 is 16.8 Å². The van der Waals surface area contributed by atoms with Gasteiger partial charge in [0, 0.05) is 18.5 Å². The highest BCUT2D eigenvalue weighted by molar-refractivity contribution is 7.84. The van der Waals surface area contributed by atoms with Crippen LogP contribution in [0.2, 0.25) is 0 Å². The number of amides is 4. The first-order valence-corrected chi connectivity index (χ1v) is 11.9. The van der Waals surface area contributed by atoms with Gasteiger partial charge in [0.05, 0.1) is 0 Å². The number of hydrogen-bond donors (Lipinski definition) is 4. The second-order valence-electron chi connectivity index (χ2n) is 6.61. The predicted octanol–water partition coefficient (Wildman–Crippen LogP) is -2.09. The summed E-state index contributed by atoms with van der Waals surface area (Å²) in [5.74, 6) is -2.64. The van der Waals surface area contributed by atoms with Gasteiger partial charge >= 0.3 is 16.4 Å². The summed E-state index contributed by atoms with van der Waals surface area (Å²) in [6.07, 6.45) is -1.27. The molecule has 188 valence electrons. The highest BCUT2D eigenvalue weighted by Gasteiger charge is 2.54. The summed E-state index contributed by atoms with van der Waals surface area (Å²) in [7, 11) is -5.01. The Hall–Kier alpha value is -3.51. The number of carbonyl (C=O) groups is 4. The van der Waals surface area contributed by atoms with Crippen LogP contribution in [0, 0.1) is 0 Å². The molecule has 0 saturated carbocycles. The second-order valence-corrected chi connectivity index (χ2v) is 8.79. The lowest BCUT2D eigenvalue weighted by atomic mass is 9.99. The molecule has 0 spiro atoms. The average molecular weight is 522 g/mol. The van der Waals surface area contributed by atoms with Gasteiger partial charge < -0.3 is 31.3 Å². The van der Waals surface area contributed by atoms with E-state index in [-0.39, 0.29) is 15.1 Å². The van der Waals surface area contributed by atoms with Crippen molar-refractivity contribution in [3.63, 3.8) is 0 Å². The van der Waals surface area contributed by atoms with Crippen molar-refractivity contribution in [1.82, 2.24) is 19.5 Å². The molecule has 1 aromatic heterocycles. The third-order valence-corrected chi connectivity index (χ3v) is 6.16. The molecule has 0 aromatic carbocycles. The fourth-order valence-electron chi connectivity index (χ4n) is 2.92. The molecule has 1 fully saturated rings. The largest absolute Gasteiger partial charge is 0.447 e. The average Bonchev–Trinajstić information content (AvgIpc) is 3.17. The van der Waals surface area contributed by atoms with Gasteiger partial charge in [-0.25, -0.2) is 14.1 Å². The highest BCUT2D eigenvalue weighted by Crippen LogP contribution is 2.24. The van der Waals surface area contributed by atoms with E-state index in [9.17, 15) is 32.1 Å². The van der Waals surface area contributed by atoms with Crippen molar-refractivity contribution in [2.45, 2.75) is 25.9 Å². The molecule has 1 aliphatic rings. The molecule has 18 heteroatoms. The number of carbonyl (C=O) groups excluding carboxylic acids is 4. The van der Waals surface area contributed by atoms with E-state index in [1.54, 1.807) is 13.8 Å². The number of oxime groups is 1. The molecule has 2 atom stereocenters. The number of ether oxygens (including phenoxy) is 1. The standard InChI is InChI=1S/C16H23N7O9S2/c1-3-22(4-2)10(24)6-32-21-11(8-7-33-15(17)19-8)13(25)20-12-9(5-31-16(18)27)23(14(12)26)34(28,29)30/h7,9,12H,3-6H2,1-2H3,(H2,17,19)(H2,18,27)(H,20,25)(H,28,29,30)/t9-,12+/m1/s1. The number of nitrogens with two attached hydrogens (primary N) is 2. The van der Waals surface area contributed by atoms with Crippen molar-refractivity contribution in [2.75, 3.05) is 32.0 Å². The first-order chi connectivity index (χ1) is 15.9. The molecule has 2 heterocycles. The monoisotopic (exact) mass is 521 g/mol. The van der Waals surface area contributed by atoms with E-state index >= 15 is 0 Å². The quantitative estimate of drug-likeness (QED) is 0.106. The molecule has 0 bridgehead atoms. The fourth-order valence-corrected chi connectivity index (χ4v) is 4.34. The number of anilines is 1. The molecule has 0 radical (unpaired) electrons. The topological polar surface area (TPSA) is 237 Å². The Morgan fingerprint density at radius 2 is 2.00 bits per heavy atom. The lowest BCUT2D eigenvalue weighted by Crippen LogP contribution is -2.73. The van der Waals surface area contributed by atoms with Crippen LogP contribution >= 0.6 is 11.3 Å². The maximum atomic E-state index is 12.9. The molecule has 0 unspecified atom stereocenters. The van der Waals surface area contributed by atoms with Gasteiger partial charge in [-0.1, -0.05) is 5.16 Å². The minimum absolute atomic E-state index is 0.0256. The van der Waals surface area contributed by atoms with Gasteiger partial charge in [-0.2, -0.15) is 8.42 Å². The molecular formula is C16H23N7O9S2. The number of hydrogen-bond acceptors (Lipinski definition) is 12. The maximum Gasteiger partial charge on any atom is 0.404 e. The van der Waals surface area contributed by atoms with Crippen LogP contribution in [0.15, 0.2) is 10.5 Å². The third-order valence-electron chi connectivity index (χ3n) is 4.54. The molecule has 0 aliphatic carbocycles. The Balaban J connectivity index is 2.23. The number of aromatic nitrogens is 1. The van der Waals surface area contributed by atoms with E-state index in [4.69, 9.17) is 16.3 Å². The highest BCUT2D eigenvalue weighted by atomic mass is 32.2. The number of thiazole rings is 1. The number of nitrogens with zero attached hydrogens (tertiary/aromatic N) is 4. The van der Waals surface area contributed by atoms with E-state index in [1.807, 2.05) is 0 Å². The summed E-state index contributed by atoms with van der Waals surface area (Å²) in [6, 6.07) is -3.02. The molecular weight excluding hydrogens is 498 g/mol. The van der Waals surface area contributed by atoms with Crippen LogP contribution in [-0.4, -0.2) is 95.1 Å². The van der Waals surface area contributed by atoms with Crippen molar-refractivity contribution in [3.8, 4) is 0 Å². The lowest BCUT2D eigenvalue weighted by Gasteiger charge is -2.43. The summed E-state index contributed by atoms with van der Waals surface area (Å²) >= 11 is 0.973. The normalized spacial score (nSPS) is 18.1. The smallest absolute Gasteiger partial charge is 0.404 e. The number of β-lactam (4-membered cyclic amide) rings is 1. The molecule has 4 amide bonds. The van der Waals surface area contributed by atoms with E-state index in [0.29, 0.717) is 13.1 Å². The zero-order valence-electron chi connectivity index (χ0n) is 18.0. The van der Waals surface area contributed by atoms with Crippen molar-refractivity contribution in [3.05, 3.63) is 11.1 Å². The van der Waals surface area contributed by atoms with Crippen molar-refractivity contribution in [1.29, 1.82) is 0 Å². The Morgan fingerprint density at radius 3 is 2.50 bits per heavy atom. The Kier molecular flexibility index (Phi) is 8.71. The zero-order chi connectivity index (χ0) is 25.6. The molecule has 1 aliphatic heterocycles. The van der Waals surface area contributed by atoms with Crippen LogP contribution in [0.5, 0.6) is 0 Å². The van der Waals surface area contributed by atoms with Gasteiger partial charge in [-0.15, -0.1) is 11.3 Å². The lowest BCUT2D eigenvalue weighted by molar-refractivity contribution is -0.146. The number of rotatable bonds is 11. The van der Waals surface area contributed by atoms with Crippen LogP contribution in [0.1, 0.15) is 19.5 Å². The molecule has 16 nitrogen and oxygen atoms in total. The predicted molar refractivity (Wildman–Crippen MR) is 117 cm³/mol. The molecule has 6 N–H and O–H groups in total. The van der Waals surface area contributed by atoms with Gasteiger partial charge in [0.25, 0.3) is 17.7 Å². The van der Waals surface area contributed by atoms with Crippen molar-refractivity contribution >= 4 is 56.3 Å². The van der Waals surface area contributed by atoms with Gasteiger partial charge in [-0.05, 0) is 13.8 Å². The van der Waals surface area contributed by atoms with E-state index < -0.39 is 65.1 Å². The Labute approximate surface area is 197 Å². The fraction of sp³-hybridized carbons (Fsp3) is 0.500. The SMILES string of the molecule is CCN(CC)C(=O)CON=C(C(=O)N[C@@H]1C(=O)N(S(=O)(=O)O)[C@@H]1COC(N)=O)c1csc(N)n1. The summed E-state index contributed by atoms with van der Waals surface area (Å²) in [6.45, 7) is 3.17. The minimum Gasteiger partial charge on any atom is -0.447 e. The maximum absolute atomic E-state index is 12.9. The summed E-state index contributed by atoms with van der Waals surface area (Å²) in [5, 5.41) is 7.31. The molecule has 1 aromatic rings. The van der Waals surface area contributed by atoms with Crippen molar-refractivity contribution < 1.29 is 41.7 Å². The van der Waals surface area contributed by atoms with E-state index in [0.717, 1.165) is 11.3 Å². The second kappa shape index (κ2) is 11.1. The molecule has 2 rings (SSSR count). The first kappa shape index (κ1) is 26.7. The zero-order valence-corrected chi connectivity index (χ0v) is 19.7. The molecule has 1 saturated heterocycles.